The molecule has 1 heterocycles. The fourth-order valence-corrected chi connectivity index (χ4v) is 3.83. The summed E-state index contributed by atoms with van der Waals surface area (Å²) in [5.74, 6) is 0. The number of aryl methyl sites for hydroxylation is 2. The van der Waals surface area contributed by atoms with Crippen molar-refractivity contribution in [2.24, 2.45) is 0 Å². The van der Waals surface area contributed by atoms with E-state index >= 15 is 0 Å². The lowest BCUT2D eigenvalue weighted by Crippen LogP contribution is -1.91. The molecule has 0 aliphatic carbocycles. The third kappa shape index (κ3) is 1.25. The highest BCUT2D eigenvalue weighted by Gasteiger charge is 2.19. The number of hydrogen-bond acceptors (Lipinski definition) is 2. The van der Waals surface area contributed by atoms with Crippen LogP contribution in [0.3, 0.4) is 0 Å². The number of hydrogen-bond donors (Lipinski definition) is 1. The van der Waals surface area contributed by atoms with Gasteiger partial charge in [0.2, 0.25) is 0 Å². The molecule has 1 aromatic rings. The standard InChI is InChI=1S/C8H9NOS2/c1-5-3-6(2)8-7(4-5)9-12(10)11-8/h3-4,9H,1-2H3/t12-/m0/s1. The van der Waals surface area contributed by atoms with Gasteiger partial charge < -0.3 is 0 Å². The molecule has 1 aromatic carbocycles. The van der Waals surface area contributed by atoms with Gasteiger partial charge in [-0.05, 0) is 41.8 Å². The Kier molecular flexibility index (Phi) is 1.88. The molecule has 0 saturated carbocycles. The summed E-state index contributed by atoms with van der Waals surface area (Å²) in [6.45, 7) is 4.09. The van der Waals surface area contributed by atoms with E-state index in [0.717, 1.165) is 10.6 Å². The SMILES string of the molecule is Cc1cc(C)c2c(c1)N[S@@](=O)S2. The Labute approximate surface area is 77.7 Å². The fraction of sp³-hybridized carbons (Fsp3) is 0.250. The zero-order valence-electron chi connectivity index (χ0n) is 6.88. The third-order valence-corrected chi connectivity index (χ3v) is 4.22. The lowest BCUT2D eigenvalue weighted by molar-refractivity contribution is 0.694. The molecule has 1 atom stereocenters. The molecule has 1 aliphatic rings. The summed E-state index contributed by atoms with van der Waals surface area (Å²) < 4.78 is 14.0. The molecular weight excluding hydrogens is 190 g/mol. The van der Waals surface area contributed by atoms with Crippen LogP contribution in [0.1, 0.15) is 11.1 Å². The average molecular weight is 199 g/mol. The Morgan fingerprint density at radius 2 is 2.17 bits per heavy atom. The van der Waals surface area contributed by atoms with Gasteiger partial charge in [-0.25, -0.2) is 4.21 Å². The number of fused-ring (bicyclic) bond motifs is 1. The molecule has 12 heavy (non-hydrogen) atoms. The van der Waals surface area contributed by atoms with Crippen LogP contribution in [0.15, 0.2) is 17.0 Å². The van der Waals surface area contributed by atoms with Crippen molar-refractivity contribution in [3.63, 3.8) is 0 Å². The molecule has 0 unspecified atom stereocenters. The van der Waals surface area contributed by atoms with Crippen LogP contribution in [0.25, 0.3) is 0 Å². The molecule has 1 aliphatic heterocycles. The van der Waals surface area contributed by atoms with Crippen molar-refractivity contribution in [1.82, 2.24) is 0 Å². The maximum absolute atomic E-state index is 11.1. The molecule has 0 amide bonds. The van der Waals surface area contributed by atoms with Crippen molar-refractivity contribution < 1.29 is 4.21 Å². The normalized spacial score (nSPS) is 20.3. The first-order chi connectivity index (χ1) is 5.66. The van der Waals surface area contributed by atoms with Crippen molar-refractivity contribution in [2.75, 3.05) is 4.72 Å². The maximum Gasteiger partial charge on any atom is 0.184 e. The van der Waals surface area contributed by atoms with Gasteiger partial charge in [0.25, 0.3) is 0 Å². The molecular formula is C8H9NOS2. The van der Waals surface area contributed by atoms with Gasteiger partial charge in [0, 0.05) is 4.90 Å². The summed E-state index contributed by atoms with van der Waals surface area (Å²) in [6.07, 6.45) is 0. The minimum Gasteiger partial charge on any atom is -0.295 e. The Bertz CT molecular complexity index is 362. The van der Waals surface area contributed by atoms with Crippen molar-refractivity contribution >= 4 is 26.5 Å². The zero-order valence-corrected chi connectivity index (χ0v) is 8.51. The Hall–Kier alpha value is -0.480. The van der Waals surface area contributed by atoms with E-state index in [-0.39, 0.29) is 0 Å². The zero-order chi connectivity index (χ0) is 8.72. The molecule has 1 N–H and O–H groups in total. The van der Waals surface area contributed by atoms with Crippen LogP contribution in [0.5, 0.6) is 0 Å². The van der Waals surface area contributed by atoms with E-state index in [0.29, 0.717) is 0 Å². The first-order valence-electron chi connectivity index (χ1n) is 3.65. The van der Waals surface area contributed by atoms with Crippen LogP contribution in [-0.4, -0.2) is 4.21 Å². The summed E-state index contributed by atoms with van der Waals surface area (Å²) >= 11 is 0. The second-order valence-corrected chi connectivity index (χ2v) is 5.54. The topological polar surface area (TPSA) is 29.1 Å². The van der Waals surface area contributed by atoms with E-state index < -0.39 is 10.0 Å². The van der Waals surface area contributed by atoms with Crippen molar-refractivity contribution in [3.05, 3.63) is 23.3 Å². The Morgan fingerprint density at radius 3 is 2.92 bits per heavy atom. The molecule has 2 rings (SSSR count). The molecule has 2 nitrogen and oxygen atoms in total. The summed E-state index contributed by atoms with van der Waals surface area (Å²) in [7, 11) is 0.416. The van der Waals surface area contributed by atoms with Gasteiger partial charge in [-0.3, -0.25) is 4.72 Å². The van der Waals surface area contributed by atoms with E-state index in [1.165, 1.54) is 21.9 Å². The van der Waals surface area contributed by atoms with Crippen LogP contribution in [0, 0.1) is 13.8 Å². The number of rotatable bonds is 0. The Morgan fingerprint density at radius 1 is 1.42 bits per heavy atom. The van der Waals surface area contributed by atoms with E-state index in [9.17, 15) is 4.21 Å². The third-order valence-electron chi connectivity index (χ3n) is 1.77. The second-order valence-electron chi connectivity index (χ2n) is 2.88. The van der Waals surface area contributed by atoms with Crippen LogP contribution >= 0.6 is 10.8 Å². The molecule has 64 valence electrons. The monoisotopic (exact) mass is 199 g/mol. The van der Waals surface area contributed by atoms with Crippen LogP contribution in [-0.2, 0) is 10.0 Å². The smallest absolute Gasteiger partial charge is 0.184 e. The van der Waals surface area contributed by atoms with Crippen LogP contribution in [0.4, 0.5) is 5.69 Å². The first kappa shape index (κ1) is 8.13. The van der Waals surface area contributed by atoms with Crippen molar-refractivity contribution in [2.45, 2.75) is 18.7 Å². The van der Waals surface area contributed by atoms with Crippen LogP contribution in [0.2, 0.25) is 0 Å². The van der Waals surface area contributed by atoms with Crippen molar-refractivity contribution in [3.8, 4) is 0 Å². The van der Waals surface area contributed by atoms with E-state index in [2.05, 4.69) is 10.8 Å². The van der Waals surface area contributed by atoms with Gasteiger partial charge in [0.05, 0.1) is 5.69 Å². The van der Waals surface area contributed by atoms with Gasteiger partial charge in [-0.15, -0.1) is 0 Å². The van der Waals surface area contributed by atoms with E-state index in [4.69, 9.17) is 0 Å². The highest BCUT2D eigenvalue weighted by molar-refractivity contribution is 8.70. The van der Waals surface area contributed by atoms with Gasteiger partial charge in [-0.2, -0.15) is 0 Å². The highest BCUT2D eigenvalue weighted by atomic mass is 33.1. The van der Waals surface area contributed by atoms with Gasteiger partial charge >= 0.3 is 0 Å². The summed E-state index contributed by atoms with van der Waals surface area (Å²) in [5.41, 5.74) is 3.42. The van der Waals surface area contributed by atoms with Crippen molar-refractivity contribution in [1.29, 1.82) is 0 Å². The predicted octanol–water partition coefficient (Wildman–Crippen LogP) is 2.40. The summed E-state index contributed by atoms with van der Waals surface area (Å²) in [5, 5.41) is 0. The summed E-state index contributed by atoms with van der Waals surface area (Å²) in [6, 6.07) is 4.14. The van der Waals surface area contributed by atoms with E-state index in [1.807, 2.05) is 19.9 Å². The van der Waals surface area contributed by atoms with Gasteiger partial charge in [0.1, 0.15) is 0 Å². The minimum atomic E-state index is -0.971. The van der Waals surface area contributed by atoms with Gasteiger partial charge in [0.15, 0.2) is 10.0 Å². The molecule has 0 fully saturated rings. The molecule has 0 aromatic heterocycles. The van der Waals surface area contributed by atoms with Crippen LogP contribution < -0.4 is 4.72 Å². The second kappa shape index (κ2) is 2.78. The van der Waals surface area contributed by atoms with E-state index in [1.54, 1.807) is 0 Å². The summed E-state index contributed by atoms with van der Waals surface area (Å²) in [4.78, 5) is 1.12. The lowest BCUT2D eigenvalue weighted by atomic mass is 10.1. The largest absolute Gasteiger partial charge is 0.295 e. The average Bonchev–Trinajstić information content (AvgIpc) is 2.29. The first-order valence-corrected chi connectivity index (χ1v) is 6.13. The molecule has 0 radical (unpaired) electrons. The molecule has 0 spiro atoms. The molecule has 0 bridgehead atoms. The minimum absolute atomic E-state index is 0.971. The quantitative estimate of drug-likeness (QED) is 0.650. The number of benzene rings is 1. The number of anilines is 1. The molecule has 0 saturated heterocycles. The lowest BCUT2D eigenvalue weighted by Gasteiger charge is -2.01. The maximum atomic E-state index is 11.1. The fourth-order valence-electron chi connectivity index (χ4n) is 1.33. The Balaban J connectivity index is 2.59. The number of nitrogens with one attached hydrogen (secondary N) is 1. The highest BCUT2D eigenvalue weighted by Crippen LogP contribution is 2.40. The van der Waals surface area contributed by atoms with Gasteiger partial charge in [-0.1, -0.05) is 6.07 Å². The molecule has 4 heteroatoms. The predicted molar refractivity (Wildman–Crippen MR) is 53.5 cm³/mol.